The third kappa shape index (κ3) is 4.22. The molecule has 1 N–H and O–H groups in total. The van der Waals surface area contributed by atoms with Gasteiger partial charge in [-0.15, -0.1) is 0 Å². The summed E-state index contributed by atoms with van der Waals surface area (Å²) in [4.78, 5) is 42.0. The molecule has 30 heavy (non-hydrogen) atoms. The third-order valence-electron chi connectivity index (χ3n) is 6.27. The molecule has 0 saturated carbocycles. The number of hydrogen-bond acceptors (Lipinski definition) is 5. The van der Waals surface area contributed by atoms with Gasteiger partial charge in [0.05, 0.1) is 0 Å². The molecule has 1 unspecified atom stereocenters. The SMILES string of the molecule is CCC(=O)N1CCC(C(NC(=O)c2ccc3c(c2)OCO3)C(=O)N2CCCC2)CC1. The number of piperidine rings is 1. The van der Waals surface area contributed by atoms with Gasteiger partial charge in [0.15, 0.2) is 11.5 Å². The van der Waals surface area contributed by atoms with Gasteiger partial charge in [-0.1, -0.05) is 6.92 Å². The van der Waals surface area contributed by atoms with Crippen LogP contribution in [0.25, 0.3) is 0 Å². The number of fused-ring (bicyclic) bond motifs is 1. The molecule has 1 aromatic rings. The van der Waals surface area contributed by atoms with Crippen molar-refractivity contribution in [1.29, 1.82) is 0 Å². The van der Waals surface area contributed by atoms with E-state index in [1.54, 1.807) is 18.2 Å². The quantitative estimate of drug-likeness (QED) is 0.792. The van der Waals surface area contributed by atoms with Gasteiger partial charge >= 0.3 is 0 Å². The molecule has 162 valence electrons. The first kappa shape index (κ1) is 20.5. The largest absolute Gasteiger partial charge is 0.454 e. The highest BCUT2D eigenvalue weighted by Gasteiger charge is 2.36. The summed E-state index contributed by atoms with van der Waals surface area (Å²) in [5.41, 5.74) is 0.442. The fourth-order valence-corrected chi connectivity index (χ4v) is 4.48. The van der Waals surface area contributed by atoms with Crippen molar-refractivity contribution in [3.8, 4) is 11.5 Å². The molecule has 0 aromatic heterocycles. The first-order chi connectivity index (χ1) is 14.6. The molecule has 3 amide bonds. The highest BCUT2D eigenvalue weighted by molar-refractivity contribution is 5.98. The predicted molar refractivity (Wildman–Crippen MR) is 109 cm³/mol. The molecule has 2 fully saturated rings. The molecule has 8 nitrogen and oxygen atoms in total. The van der Waals surface area contributed by atoms with Gasteiger partial charge in [0, 0.05) is 38.2 Å². The number of ether oxygens (including phenoxy) is 2. The van der Waals surface area contributed by atoms with Crippen LogP contribution in [-0.2, 0) is 9.59 Å². The molecule has 0 aliphatic carbocycles. The fourth-order valence-electron chi connectivity index (χ4n) is 4.48. The zero-order valence-corrected chi connectivity index (χ0v) is 17.4. The second-order valence-electron chi connectivity index (χ2n) is 8.12. The Kier molecular flexibility index (Phi) is 6.11. The molecule has 8 heteroatoms. The summed E-state index contributed by atoms with van der Waals surface area (Å²) in [6.07, 6.45) is 3.90. The van der Waals surface area contributed by atoms with Gasteiger partial charge in [0.1, 0.15) is 6.04 Å². The number of amides is 3. The normalized spacial score (nSPS) is 19.6. The van der Waals surface area contributed by atoms with E-state index in [4.69, 9.17) is 9.47 Å². The molecule has 1 atom stereocenters. The number of hydrogen-bond donors (Lipinski definition) is 1. The maximum absolute atomic E-state index is 13.3. The Bertz CT molecular complexity index is 813. The van der Waals surface area contributed by atoms with Gasteiger partial charge in [-0.3, -0.25) is 14.4 Å². The average Bonchev–Trinajstić information content (AvgIpc) is 3.48. The molecule has 3 aliphatic heterocycles. The Balaban J connectivity index is 1.48. The molecular formula is C22H29N3O5. The first-order valence-electron chi connectivity index (χ1n) is 10.8. The molecule has 1 aromatic carbocycles. The van der Waals surface area contributed by atoms with Crippen molar-refractivity contribution >= 4 is 17.7 Å². The van der Waals surface area contributed by atoms with Crippen LogP contribution >= 0.6 is 0 Å². The first-order valence-corrected chi connectivity index (χ1v) is 10.8. The molecule has 4 rings (SSSR count). The van der Waals surface area contributed by atoms with Gasteiger partial charge < -0.3 is 24.6 Å². The summed E-state index contributed by atoms with van der Waals surface area (Å²) >= 11 is 0. The summed E-state index contributed by atoms with van der Waals surface area (Å²) in [5, 5.41) is 3.00. The molecule has 3 heterocycles. The summed E-state index contributed by atoms with van der Waals surface area (Å²) in [6.45, 7) is 4.73. The van der Waals surface area contributed by atoms with E-state index in [-0.39, 0.29) is 30.4 Å². The van der Waals surface area contributed by atoms with E-state index in [1.807, 2.05) is 16.7 Å². The highest BCUT2D eigenvalue weighted by Crippen LogP contribution is 2.32. The van der Waals surface area contributed by atoms with Crippen LogP contribution in [-0.4, -0.2) is 66.5 Å². The molecule has 0 bridgehead atoms. The van der Waals surface area contributed by atoms with Gasteiger partial charge in [0.25, 0.3) is 5.91 Å². The van der Waals surface area contributed by atoms with Crippen molar-refractivity contribution in [3.63, 3.8) is 0 Å². The van der Waals surface area contributed by atoms with Crippen LogP contribution in [0.5, 0.6) is 11.5 Å². The lowest BCUT2D eigenvalue weighted by atomic mass is 9.88. The van der Waals surface area contributed by atoms with E-state index < -0.39 is 6.04 Å². The van der Waals surface area contributed by atoms with Crippen LogP contribution in [0.2, 0.25) is 0 Å². The lowest BCUT2D eigenvalue weighted by molar-refractivity contribution is -0.135. The van der Waals surface area contributed by atoms with E-state index in [1.165, 1.54) is 0 Å². The Morgan fingerprint density at radius 2 is 1.73 bits per heavy atom. The Morgan fingerprint density at radius 3 is 2.43 bits per heavy atom. The van der Waals surface area contributed by atoms with Crippen molar-refractivity contribution in [2.75, 3.05) is 33.0 Å². The zero-order valence-electron chi connectivity index (χ0n) is 17.4. The van der Waals surface area contributed by atoms with E-state index in [0.717, 1.165) is 25.9 Å². The highest BCUT2D eigenvalue weighted by atomic mass is 16.7. The van der Waals surface area contributed by atoms with E-state index in [2.05, 4.69) is 5.32 Å². The van der Waals surface area contributed by atoms with E-state index in [9.17, 15) is 14.4 Å². The lowest BCUT2D eigenvalue weighted by Gasteiger charge is -2.37. The average molecular weight is 415 g/mol. The minimum absolute atomic E-state index is 0.0111. The summed E-state index contributed by atoms with van der Waals surface area (Å²) in [7, 11) is 0. The molecular weight excluding hydrogens is 386 g/mol. The van der Waals surface area contributed by atoms with Gasteiger partial charge in [-0.2, -0.15) is 0 Å². The van der Waals surface area contributed by atoms with Gasteiger partial charge in [0.2, 0.25) is 18.6 Å². The van der Waals surface area contributed by atoms with Crippen LogP contribution in [0.4, 0.5) is 0 Å². The number of carbonyl (C=O) groups is 3. The number of rotatable bonds is 5. The van der Waals surface area contributed by atoms with Crippen molar-refractivity contribution in [1.82, 2.24) is 15.1 Å². The van der Waals surface area contributed by atoms with Gasteiger partial charge in [-0.05, 0) is 49.8 Å². The number of nitrogens with one attached hydrogen (secondary N) is 1. The molecule has 0 radical (unpaired) electrons. The van der Waals surface area contributed by atoms with Crippen molar-refractivity contribution < 1.29 is 23.9 Å². The maximum Gasteiger partial charge on any atom is 0.252 e. The number of carbonyl (C=O) groups excluding carboxylic acids is 3. The molecule has 2 saturated heterocycles. The second kappa shape index (κ2) is 8.93. The Morgan fingerprint density at radius 1 is 1.03 bits per heavy atom. The minimum atomic E-state index is -0.583. The zero-order chi connectivity index (χ0) is 21.1. The van der Waals surface area contributed by atoms with E-state index in [0.29, 0.717) is 49.4 Å². The minimum Gasteiger partial charge on any atom is -0.454 e. The molecule has 0 spiro atoms. The summed E-state index contributed by atoms with van der Waals surface area (Å²) < 4.78 is 10.7. The predicted octanol–water partition coefficient (Wildman–Crippen LogP) is 1.78. The summed E-state index contributed by atoms with van der Waals surface area (Å²) in [6, 6.07) is 4.46. The lowest BCUT2D eigenvalue weighted by Crippen LogP contribution is -2.54. The van der Waals surface area contributed by atoms with Crippen molar-refractivity contribution in [2.24, 2.45) is 5.92 Å². The number of nitrogens with zero attached hydrogens (tertiary/aromatic N) is 2. The standard InChI is InChI=1S/C22H29N3O5/c1-2-19(26)24-11-7-15(8-12-24)20(22(28)25-9-3-4-10-25)23-21(27)16-5-6-17-18(13-16)30-14-29-17/h5-6,13,15,20H,2-4,7-12,14H2,1H3,(H,23,27). The van der Waals surface area contributed by atoms with Crippen molar-refractivity contribution in [2.45, 2.75) is 45.1 Å². The van der Waals surface area contributed by atoms with Crippen molar-refractivity contribution in [3.05, 3.63) is 23.8 Å². The monoisotopic (exact) mass is 415 g/mol. The third-order valence-corrected chi connectivity index (χ3v) is 6.27. The number of likely N-dealkylation sites (tertiary alicyclic amines) is 2. The fraction of sp³-hybridized carbons (Fsp3) is 0.591. The Hall–Kier alpha value is -2.77. The Labute approximate surface area is 176 Å². The molecule has 3 aliphatic rings. The van der Waals surface area contributed by atoms with Crippen LogP contribution in [0.3, 0.4) is 0 Å². The number of benzene rings is 1. The summed E-state index contributed by atoms with van der Waals surface area (Å²) in [5.74, 6) is 0.998. The van der Waals surface area contributed by atoms with Crippen LogP contribution in [0.15, 0.2) is 18.2 Å². The second-order valence-corrected chi connectivity index (χ2v) is 8.12. The topological polar surface area (TPSA) is 88.2 Å². The van der Waals surface area contributed by atoms with Crippen LogP contribution in [0, 0.1) is 5.92 Å². The van der Waals surface area contributed by atoms with Gasteiger partial charge in [-0.25, -0.2) is 0 Å². The maximum atomic E-state index is 13.3. The van der Waals surface area contributed by atoms with Crippen LogP contribution < -0.4 is 14.8 Å². The van der Waals surface area contributed by atoms with Crippen LogP contribution in [0.1, 0.15) is 49.4 Å². The van der Waals surface area contributed by atoms with E-state index >= 15 is 0 Å². The smallest absolute Gasteiger partial charge is 0.252 e.